The zero-order valence-corrected chi connectivity index (χ0v) is 23.6. The van der Waals surface area contributed by atoms with Crippen molar-refractivity contribution < 1.29 is 27.5 Å². The Morgan fingerprint density at radius 2 is 1.80 bits per heavy atom. The van der Waals surface area contributed by atoms with E-state index in [2.05, 4.69) is 30.8 Å². The summed E-state index contributed by atoms with van der Waals surface area (Å²) in [5.41, 5.74) is 1.37. The monoisotopic (exact) mass is 605 g/mol. The van der Waals surface area contributed by atoms with E-state index in [-0.39, 0.29) is 11.3 Å². The fourth-order valence-electron chi connectivity index (χ4n) is 4.54. The number of carbonyl (C=O) groups is 2. The molecule has 0 unspecified atom stereocenters. The molecular formula is C31H30F3N7O3. The van der Waals surface area contributed by atoms with Crippen molar-refractivity contribution in [3.8, 4) is 11.3 Å². The molecule has 0 bridgehead atoms. The number of hydrogen-bond donors (Lipinski definition) is 2. The minimum absolute atomic E-state index is 0.0211. The van der Waals surface area contributed by atoms with Gasteiger partial charge in [-0.25, -0.2) is 4.98 Å². The fraction of sp³-hybridized carbons (Fsp3) is 0.258. The standard InChI is InChI=1S/C31H30F3N7O3/c32-31(33,34)25-6-2-7-26(19-25)36-30(43)23-5-1-4-22(18-23)8-11-29(42)37-28-10-9-24(20-35-28)27-21-41(39-38-27)13-3-12-40-14-16-44-17-15-40/h1-2,4-11,18-21H,3,12-17H2,(H,36,43)(H,35,37,42). The summed E-state index contributed by atoms with van der Waals surface area (Å²) < 4.78 is 46.1. The second kappa shape index (κ2) is 14.1. The highest BCUT2D eigenvalue weighted by molar-refractivity contribution is 6.05. The van der Waals surface area contributed by atoms with E-state index in [9.17, 15) is 22.8 Å². The van der Waals surface area contributed by atoms with Crippen LogP contribution >= 0.6 is 0 Å². The van der Waals surface area contributed by atoms with Crippen LogP contribution < -0.4 is 10.6 Å². The van der Waals surface area contributed by atoms with Crippen LogP contribution in [0.1, 0.15) is 27.9 Å². The molecule has 4 aromatic rings. The van der Waals surface area contributed by atoms with Crippen molar-refractivity contribution in [3.05, 3.63) is 95.8 Å². The number of pyridine rings is 1. The van der Waals surface area contributed by atoms with Crippen molar-refractivity contribution in [1.29, 1.82) is 0 Å². The molecule has 2 N–H and O–H groups in total. The van der Waals surface area contributed by atoms with Gasteiger partial charge in [-0.05, 0) is 60.5 Å². The molecule has 1 aliphatic rings. The zero-order chi connectivity index (χ0) is 30.9. The van der Waals surface area contributed by atoms with E-state index < -0.39 is 23.6 Å². The van der Waals surface area contributed by atoms with E-state index in [1.807, 2.05) is 6.20 Å². The maximum absolute atomic E-state index is 13.0. The van der Waals surface area contributed by atoms with Crippen molar-refractivity contribution >= 4 is 29.4 Å². The van der Waals surface area contributed by atoms with Gasteiger partial charge < -0.3 is 15.4 Å². The second-order valence-corrected chi connectivity index (χ2v) is 10.1. The number of anilines is 2. The molecule has 0 atom stereocenters. The van der Waals surface area contributed by atoms with Gasteiger partial charge in [-0.3, -0.25) is 19.2 Å². The highest BCUT2D eigenvalue weighted by Crippen LogP contribution is 2.30. The Balaban J connectivity index is 1.12. The van der Waals surface area contributed by atoms with Crippen molar-refractivity contribution in [2.75, 3.05) is 43.5 Å². The summed E-state index contributed by atoms with van der Waals surface area (Å²) in [6, 6.07) is 14.2. The molecule has 228 valence electrons. The number of ether oxygens (including phenoxy) is 1. The molecule has 5 rings (SSSR count). The maximum Gasteiger partial charge on any atom is 0.416 e. The number of rotatable bonds is 10. The van der Waals surface area contributed by atoms with Gasteiger partial charge in [0, 0.05) is 55.3 Å². The number of aryl methyl sites for hydroxylation is 1. The molecule has 0 saturated carbocycles. The number of aromatic nitrogens is 4. The van der Waals surface area contributed by atoms with E-state index >= 15 is 0 Å². The van der Waals surface area contributed by atoms with Crippen LogP contribution in [-0.4, -0.2) is 69.5 Å². The average Bonchev–Trinajstić information content (AvgIpc) is 3.50. The zero-order valence-electron chi connectivity index (χ0n) is 23.6. The van der Waals surface area contributed by atoms with Crippen molar-refractivity contribution in [1.82, 2.24) is 24.9 Å². The fourth-order valence-corrected chi connectivity index (χ4v) is 4.54. The van der Waals surface area contributed by atoms with Crippen LogP contribution in [0.2, 0.25) is 0 Å². The predicted octanol–water partition coefficient (Wildman–Crippen LogP) is 4.99. The molecule has 2 aromatic carbocycles. The molecule has 0 radical (unpaired) electrons. The summed E-state index contributed by atoms with van der Waals surface area (Å²) in [5.74, 6) is -0.674. The summed E-state index contributed by atoms with van der Waals surface area (Å²) in [5, 5.41) is 13.6. The van der Waals surface area contributed by atoms with Crippen LogP contribution in [0.3, 0.4) is 0 Å². The van der Waals surface area contributed by atoms with Crippen LogP contribution in [0.15, 0.2) is 79.1 Å². The van der Waals surface area contributed by atoms with Crippen LogP contribution in [0.5, 0.6) is 0 Å². The topological polar surface area (TPSA) is 114 Å². The molecule has 2 aromatic heterocycles. The van der Waals surface area contributed by atoms with E-state index in [4.69, 9.17) is 4.74 Å². The Hall–Kier alpha value is -4.88. The molecule has 10 nitrogen and oxygen atoms in total. The summed E-state index contributed by atoms with van der Waals surface area (Å²) in [6.45, 7) is 5.19. The third-order valence-corrected chi connectivity index (χ3v) is 6.84. The molecule has 0 aliphatic carbocycles. The molecule has 1 aliphatic heterocycles. The van der Waals surface area contributed by atoms with Gasteiger partial charge in [0.2, 0.25) is 5.91 Å². The van der Waals surface area contributed by atoms with Gasteiger partial charge in [-0.1, -0.05) is 23.4 Å². The molecule has 0 spiro atoms. The number of alkyl halides is 3. The van der Waals surface area contributed by atoms with Gasteiger partial charge in [0.1, 0.15) is 11.5 Å². The van der Waals surface area contributed by atoms with Gasteiger partial charge in [-0.15, -0.1) is 5.10 Å². The van der Waals surface area contributed by atoms with E-state index in [1.165, 1.54) is 36.4 Å². The maximum atomic E-state index is 13.0. The third kappa shape index (κ3) is 8.58. The van der Waals surface area contributed by atoms with Crippen LogP contribution in [-0.2, 0) is 22.3 Å². The quantitative estimate of drug-likeness (QED) is 0.245. The Kier molecular flexibility index (Phi) is 9.77. The number of nitrogens with one attached hydrogen (secondary N) is 2. The Morgan fingerprint density at radius 3 is 2.57 bits per heavy atom. The van der Waals surface area contributed by atoms with Gasteiger partial charge in [0.25, 0.3) is 5.91 Å². The number of benzene rings is 2. The lowest BCUT2D eigenvalue weighted by Crippen LogP contribution is -2.37. The first-order valence-electron chi connectivity index (χ1n) is 14.0. The van der Waals surface area contributed by atoms with Crippen LogP contribution in [0.25, 0.3) is 17.3 Å². The lowest BCUT2D eigenvalue weighted by Gasteiger charge is -2.26. The molecule has 1 fully saturated rings. The summed E-state index contributed by atoms with van der Waals surface area (Å²) >= 11 is 0. The largest absolute Gasteiger partial charge is 0.416 e. The third-order valence-electron chi connectivity index (χ3n) is 6.84. The number of morpholine rings is 1. The second-order valence-electron chi connectivity index (χ2n) is 10.1. The van der Waals surface area contributed by atoms with E-state index in [0.717, 1.165) is 63.5 Å². The van der Waals surface area contributed by atoms with Crippen molar-refractivity contribution in [2.24, 2.45) is 0 Å². The molecule has 13 heteroatoms. The lowest BCUT2D eigenvalue weighted by molar-refractivity contribution is -0.137. The first-order chi connectivity index (χ1) is 21.2. The molecule has 1 saturated heterocycles. The van der Waals surface area contributed by atoms with Gasteiger partial charge >= 0.3 is 6.18 Å². The van der Waals surface area contributed by atoms with Crippen LogP contribution in [0.4, 0.5) is 24.7 Å². The Bertz CT molecular complexity index is 1610. The van der Waals surface area contributed by atoms with E-state index in [1.54, 1.807) is 35.1 Å². The smallest absolute Gasteiger partial charge is 0.379 e. The van der Waals surface area contributed by atoms with Crippen LogP contribution in [0, 0.1) is 0 Å². The molecular weight excluding hydrogens is 575 g/mol. The number of amides is 2. The SMILES string of the molecule is O=C(C=Cc1cccc(C(=O)Nc2cccc(C(F)(F)F)c2)c1)Nc1ccc(-c2cn(CCCN3CCOCC3)nn2)cn1. The Labute approximate surface area is 251 Å². The average molecular weight is 606 g/mol. The highest BCUT2D eigenvalue weighted by Gasteiger charge is 2.30. The van der Waals surface area contributed by atoms with E-state index in [0.29, 0.717) is 17.1 Å². The molecule has 2 amide bonds. The van der Waals surface area contributed by atoms with Gasteiger partial charge in [0.15, 0.2) is 0 Å². The first kappa shape index (κ1) is 30.6. The normalized spacial score (nSPS) is 14.1. The van der Waals surface area contributed by atoms with Crippen molar-refractivity contribution in [3.63, 3.8) is 0 Å². The molecule has 3 heterocycles. The number of hydrogen-bond acceptors (Lipinski definition) is 7. The minimum atomic E-state index is -4.52. The number of carbonyl (C=O) groups excluding carboxylic acids is 2. The van der Waals surface area contributed by atoms with Gasteiger partial charge in [-0.2, -0.15) is 13.2 Å². The highest BCUT2D eigenvalue weighted by atomic mass is 19.4. The first-order valence-corrected chi connectivity index (χ1v) is 14.0. The summed E-state index contributed by atoms with van der Waals surface area (Å²) in [6.07, 6.45) is 2.72. The van der Waals surface area contributed by atoms with Gasteiger partial charge in [0.05, 0.1) is 25.0 Å². The lowest BCUT2D eigenvalue weighted by atomic mass is 10.1. The number of nitrogens with zero attached hydrogens (tertiary/aromatic N) is 5. The minimum Gasteiger partial charge on any atom is -0.379 e. The number of halogens is 3. The Morgan fingerprint density at radius 1 is 0.977 bits per heavy atom. The summed E-state index contributed by atoms with van der Waals surface area (Å²) in [7, 11) is 0. The summed E-state index contributed by atoms with van der Waals surface area (Å²) in [4.78, 5) is 31.8. The molecule has 44 heavy (non-hydrogen) atoms. The predicted molar refractivity (Wildman–Crippen MR) is 159 cm³/mol. The van der Waals surface area contributed by atoms with Crippen molar-refractivity contribution in [2.45, 2.75) is 19.1 Å².